The van der Waals surface area contributed by atoms with Crippen molar-refractivity contribution in [1.29, 1.82) is 0 Å². The van der Waals surface area contributed by atoms with Crippen LogP contribution in [0.4, 0.5) is 0 Å². The molecule has 1 fully saturated rings. The number of hydrogen-bond acceptors (Lipinski definition) is 6. The van der Waals surface area contributed by atoms with Gasteiger partial charge in [0.1, 0.15) is 5.76 Å². The predicted octanol–water partition coefficient (Wildman–Crippen LogP) is 4.96. The Balaban J connectivity index is 1.68. The number of hydrogen-bond donors (Lipinski definition) is 0. The number of rotatable bonds is 6. The summed E-state index contributed by atoms with van der Waals surface area (Å²) in [4.78, 5) is 31.3. The predicted molar refractivity (Wildman–Crippen MR) is 128 cm³/mol. The van der Waals surface area contributed by atoms with Gasteiger partial charge in [-0.1, -0.05) is 55.3 Å². The Hall–Kier alpha value is -2.80. The van der Waals surface area contributed by atoms with Gasteiger partial charge in [-0.05, 0) is 43.9 Å². The second kappa shape index (κ2) is 9.21. The Labute approximate surface area is 197 Å². The highest BCUT2D eigenvalue weighted by Crippen LogP contribution is 2.48. The highest BCUT2D eigenvalue weighted by atomic mass is 32.2. The summed E-state index contributed by atoms with van der Waals surface area (Å²) >= 11 is 1.25. The van der Waals surface area contributed by atoms with Crippen LogP contribution >= 0.6 is 11.8 Å². The highest BCUT2D eigenvalue weighted by molar-refractivity contribution is 7.99. The van der Waals surface area contributed by atoms with Gasteiger partial charge in [0, 0.05) is 11.0 Å². The number of ether oxygens (including phenoxy) is 1. The van der Waals surface area contributed by atoms with Gasteiger partial charge in [-0.2, -0.15) is 0 Å². The Morgan fingerprint density at radius 1 is 1.18 bits per heavy atom. The molecule has 0 amide bonds. The van der Waals surface area contributed by atoms with Crippen LogP contribution in [0.5, 0.6) is 0 Å². The molecule has 0 aliphatic heterocycles. The van der Waals surface area contributed by atoms with Crippen LogP contribution in [0.15, 0.2) is 57.0 Å². The number of carbonyl (C=O) groups is 1. The molecule has 1 spiro atoms. The van der Waals surface area contributed by atoms with Gasteiger partial charge in [-0.3, -0.25) is 14.2 Å². The van der Waals surface area contributed by atoms with E-state index < -0.39 is 0 Å². The van der Waals surface area contributed by atoms with Crippen molar-refractivity contribution in [3.05, 3.63) is 69.9 Å². The summed E-state index contributed by atoms with van der Waals surface area (Å²) in [5.41, 5.74) is 3.71. The second-order valence-electron chi connectivity index (χ2n) is 8.86. The van der Waals surface area contributed by atoms with Gasteiger partial charge in [-0.25, -0.2) is 4.98 Å². The fraction of sp³-hybridized carbons (Fsp3) is 0.423. The van der Waals surface area contributed by atoms with E-state index in [2.05, 4.69) is 18.2 Å². The molecule has 2 aromatic heterocycles. The third kappa shape index (κ3) is 4.14. The van der Waals surface area contributed by atoms with Crippen LogP contribution < -0.4 is 5.56 Å². The first-order chi connectivity index (χ1) is 16.1. The molecule has 2 aliphatic carbocycles. The van der Waals surface area contributed by atoms with Crippen molar-refractivity contribution in [2.75, 3.05) is 12.4 Å². The number of furan rings is 1. The topological polar surface area (TPSA) is 74.3 Å². The van der Waals surface area contributed by atoms with Crippen molar-refractivity contribution < 1.29 is 13.9 Å². The zero-order valence-electron chi connectivity index (χ0n) is 18.8. The Morgan fingerprint density at radius 3 is 2.76 bits per heavy atom. The number of fused-ring (bicyclic) bond motifs is 4. The van der Waals surface area contributed by atoms with E-state index in [0.29, 0.717) is 17.5 Å². The Bertz CT molecular complexity index is 1210. The minimum Gasteiger partial charge on any atom is -0.467 e. The van der Waals surface area contributed by atoms with E-state index in [4.69, 9.17) is 14.1 Å². The van der Waals surface area contributed by atoms with Crippen molar-refractivity contribution in [2.45, 2.75) is 62.6 Å². The minimum absolute atomic E-state index is 0.0147. The molecular weight excluding hydrogens is 436 g/mol. The largest absolute Gasteiger partial charge is 0.467 e. The van der Waals surface area contributed by atoms with E-state index in [1.54, 1.807) is 17.8 Å². The van der Waals surface area contributed by atoms with Crippen LogP contribution in [-0.4, -0.2) is 27.9 Å². The lowest BCUT2D eigenvalue weighted by Gasteiger charge is -2.42. The molecule has 5 rings (SSSR count). The van der Waals surface area contributed by atoms with Crippen LogP contribution in [0.25, 0.3) is 11.3 Å². The molecular formula is C26H28N2O4S. The molecule has 0 N–H and O–H groups in total. The molecule has 7 heteroatoms. The normalized spacial score (nSPS) is 16.3. The zero-order valence-corrected chi connectivity index (χ0v) is 19.7. The summed E-state index contributed by atoms with van der Waals surface area (Å²) in [6.07, 6.45) is 7.94. The maximum Gasteiger partial charge on any atom is 0.316 e. The van der Waals surface area contributed by atoms with Gasteiger partial charge < -0.3 is 9.15 Å². The fourth-order valence-corrected chi connectivity index (χ4v) is 6.15. The maximum atomic E-state index is 14.2. The van der Waals surface area contributed by atoms with Gasteiger partial charge in [0.25, 0.3) is 5.56 Å². The van der Waals surface area contributed by atoms with Gasteiger partial charge in [0.15, 0.2) is 5.16 Å². The smallest absolute Gasteiger partial charge is 0.316 e. The van der Waals surface area contributed by atoms with E-state index in [9.17, 15) is 9.59 Å². The highest BCUT2D eigenvalue weighted by Gasteiger charge is 2.43. The number of esters is 1. The summed E-state index contributed by atoms with van der Waals surface area (Å²) in [5, 5.41) is 0.519. The van der Waals surface area contributed by atoms with Crippen molar-refractivity contribution in [2.24, 2.45) is 0 Å². The van der Waals surface area contributed by atoms with Crippen LogP contribution in [0.2, 0.25) is 0 Å². The molecule has 0 bridgehead atoms. The molecule has 1 aromatic carbocycles. The van der Waals surface area contributed by atoms with Crippen LogP contribution in [0.3, 0.4) is 0 Å². The Morgan fingerprint density at radius 2 is 2.00 bits per heavy atom. The maximum absolute atomic E-state index is 14.2. The molecule has 0 unspecified atom stereocenters. The van der Waals surface area contributed by atoms with Gasteiger partial charge in [0.2, 0.25) is 0 Å². The third-order valence-corrected chi connectivity index (χ3v) is 7.74. The first-order valence-corrected chi connectivity index (χ1v) is 12.6. The molecule has 2 aliphatic rings. The lowest BCUT2D eigenvalue weighted by Crippen LogP contribution is -2.43. The number of nitrogens with zero attached hydrogens (tertiary/aromatic N) is 2. The SMILES string of the molecule is CCOC(=O)CSc1nc2c(c(=O)n1Cc1ccco1)C1(CCCCC1)Cc1ccccc1-2. The number of carbonyl (C=O) groups excluding carboxylic acids is 1. The van der Waals surface area contributed by atoms with Crippen LogP contribution in [-0.2, 0) is 27.9 Å². The summed E-state index contributed by atoms with van der Waals surface area (Å²) in [7, 11) is 0. The summed E-state index contributed by atoms with van der Waals surface area (Å²) in [6, 6.07) is 12.0. The molecule has 33 heavy (non-hydrogen) atoms. The van der Waals surface area contributed by atoms with Crippen molar-refractivity contribution >= 4 is 17.7 Å². The summed E-state index contributed by atoms with van der Waals surface area (Å²) in [5.74, 6) is 0.471. The number of aromatic nitrogens is 2. The number of benzene rings is 1. The lowest BCUT2D eigenvalue weighted by molar-refractivity contribution is -0.139. The summed E-state index contributed by atoms with van der Waals surface area (Å²) < 4.78 is 12.4. The molecule has 2 heterocycles. The third-order valence-electron chi connectivity index (χ3n) is 6.79. The van der Waals surface area contributed by atoms with Gasteiger partial charge in [0.05, 0.1) is 36.4 Å². The quantitative estimate of drug-likeness (QED) is 0.291. The minimum atomic E-state index is -0.317. The van der Waals surface area contributed by atoms with E-state index in [1.807, 2.05) is 18.2 Å². The van der Waals surface area contributed by atoms with Crippen molar-refractivity contribution in [1.82, 2.24) is 9.55 Å². The van der Waals surface area contributed by atoms with E-state index >= 15 is 0 Å². The molecule has 172 valence electrons. The average molecular weight is 465 g/mol. The molecule has 0 saturated heterocycles. The number of thioether (sulfide) groups is 1. The summed E-state index contributed by atoms with van der Waals surface area (Å²) in [6.45, 7) is 2.40. The van der Waals surface area contributed by atoms with Crippen molar-refractivity contribution in [3.8, 4) is 11.3 Å². The average Bonchev–Trinajstić information content (AvgIpc) is 3.33. The zero-order chi connectivity index (χ0) is 22.8. The van der Waals surface area contributed by atoms with Gasteiger partial charge >= 0.3 is 5.97 Å². The first kappa shape index (κ1) is 22.0. The molecule has 3 aromatic rings. The van der Waals surface area contributed by atoms with Crippen LogP contribution in [0, 0.1) is 0 Å². The lowest BCUT2D eigenvalue weighted by atomic mass is 9.62. The van der Waals surface area contributed by atoms with E-state index in [1.165, 1.54) is 23.7 Å². The second-order valence-corrected chi connectivity index (χ2v) is 9.80. The fourth-order valence-electron chi connectivity index (χ4n) is 5.36. The van der Waals surface area contributed by atoms with Gasteiger partial charge in [-0.15, -0.1) is 0 Å². The first-order valence-electron chi connectivity index (χ1n) is 11.7. The molecule has 6 nitrogen and oxygen atoms in total. The molecule has 0 atom stereocenters. The standard InChI is InChI=1S/C26H28N2O4S/c1-2-31-21(29)17-33-25-27-23-20-11-5-4-9-18(20)15-26(12-6-3-7-13-26)22(23)24(30)28(25)16-19-10-8-14-32-19/h4-5,8-11,14H,2-3,6-7,12-13,15-17H2,1H3. The molecule has 1 saturated carbocycles. The Kier molecular flexibility index (Phi) is 6.15. The molecule has 0 radical (unpaired) electrons. The van der Waals surface area contributed by atoms with Crippen LogP contribution in [0.1, 0.15) is 55.9 Å². The van der Waals surface area contributed by atoms with E-state index in [0.717, 1.165) is 48.9 Å². The van der Waals surface area contributed by atoms with E-state index in [-0.39, 0.29) is 29.2 Å². The van der Waals surface area contributed by atoms with Crippen molar-refractivity contribution in [3.63, 3.8) is 0 Å². The monoisotopic (exact) mass is 464 g/mol.